The topological polar surface area (TPSA) is 65.9 Å². The van der Waals surface area contributed by atoms with Gasteiger partial charge in [-0.05, 0) is 93.7 Å². The normalized spacial score (nSPS) is 17.8. The lowest BCUT2D eigenvalue weighted by Crippen LogP contribution is -2.39. The molecule has 0 radical (unpaired) electrons. The van der Waals surface area contributed by atoms with Gasteiger partial charge in [-0.15, -0.1) is 0 Å². The molecule has 1 atom stereocenters. The van der Waals surface area contributed by atoms with Gasteiger partial charge in [0.05, 0.1) is 16.9 Å². The number of aryl methyl sites for hydroxylation is 2. The first-order valence-electron chi connectivity index (χ1n) is 16.2. The van der Waals surface area contributed by atoms with Crippen LogP contribution in [0.1, 0.15) is 92.8 Å². The van der Waals surface area contributed by atoms with Crippen molar-refractivity contribution < 1.29 is 32.2 Å². The number of benzene rings is 2. The number of alkyl halides is 3. The van der Waals surface area contributed by atoms with Gasteiger partial charge >= 0.3 is 12.1 Å². The average molecular weight is 656 g/mol. The number of fused-ring (bicyclic) bond motifs is 1. The predicted octanol–water partition coefficient (Wildman–Crippen LogP) is 8.65. The van der Waals surface area contributed by atoms with Crippen LogP contribution in [0.25, 0.3) is 11.1 Å². The van der Waals surface area contributed by atoms with Gasteiger partial charge in [-0.1, -0.05) is 38.1 Å². The van der Waals surface area contributed by atoms with Crippen LogP contribution >= 0.6 is 0 Å². The number of halogens is 4. The molecule has 0 saturated carbocycles. The average Bonchev–Trinajstić information content (AvgIpc) is 2.95. The summed E-state index contributed by atoms with van der Waals surface area (Å²) in [5.41, 5.74) is 5.27. The zero-order chi connectivity index (χ0) is 34.5. The Labute approximate surface area is 274 Å². The summed E-state index contributed by atoms with van der Waals surface area (Å²) in [6.45, 7) is 16.4. The van der Waals surface area contributed by atoms with Gasteiger partial charge in [0, 0.05) is 55.2 Å². The third-order valence-electron chi connectivity index (χ3n) is 9.33. The van der Waals surface area contributed by atoms with E-state index in [9.17, 15) is 27.5 Å². The second kappa shape index (κ2) is 12.8. The maximum Gasteiger partial charge on any atom is 0.416 e. The highest BCUT2D eigenvalue weighted by Crippen LogP contribution is 2.45. The molecule has 10 heteroatoms. The lowest BCUT2D eigenvalue weighted by molar-refractivity contribution is -0.160. The van der Waals surface area contributed by atoms with E-state index in [1.807, 2.05) is 51.7 Å². The van der Waals surface area contributed by atoms with Crippen molar-refractivity contribution in [3.63, 3.8) is 0 Å². The molecule has 5 rings (SSSR count). The molecule has 3 heterocycles. The van der Waals surface area contributed by atoms with E-state index in [4.69, 9.17) is 9.72 Å². The van der Waals surface area contributed by atoms with Crippen LogP contribution in [0.3, 0.4) is 0 Å². The molecule has 2 aromatic carbocycles. The van der Waals surface area contributed by atoms with E-state index in [1.54, 1.807) is 0 Å². The second-order valence-electron chi connectivity index (χ2n) is 14.8. The van der Waals surface area contributed by atoms with E-state index < -0.39 is 35.2 Å². The van der Waals surface area contributed by atoms with Crippen molar-refractivity contribution in [2.75, 3.05) is 24.5 Å². The van der Waals surface area contributed by atoms with Crippen molar-refractivity contribution in [1.29, 1.82) is 0 Å². The first-order chi connectivity index (χ1) is 21.8. The van der Waals surface area contributed by atoms with Crippen LogP contribution in [0.5, 0.6) is 0 Å². The maximum absolute atomic E-state index is 13.7. The fourth-order valence-corrected chi connectivity index (χ4v) is 6.85. The summed E-state index contributed by atoms with van der Waals surface area (Å²) >= 11 is 0. The Bertz CT molecular complexity index is 1650. The summed E-state index contributed by atoms with van der Waals surface area (Å²) in [5.74, 6) is -1.98. The molecule has 3 aromatic rings. The molecule has 0 spiro atoms. The van der Waals surface area contributed by atoms with E-state index in [-0.39, 0.29) is 17.5 Å². The molecular formula is C37H45F4N3O3. The third kappa shape index (κ3) is 7.81. The fraction of sp³-hybridized carbons (Fsp3) is 0.514. The summed E-state index contributed by atoms with van der Waals surface area (Å²) in [6, 6.07) is 8.99. The number of carboxylic acid groups (broad SMARTS) is 1. The quantitative estimate of drug-likeness (QED) is 0.257. The second-order valence-corrected chi connectivity index (χ2v) is 14.8. The molecule has 6 nitrogen and oxygen atoms in total. The van der Waals surface area contributed by atoms with Gasteiger partial charge in [0.1, 0.15) is 5.82 Å². The Hall–Kier alpha value is -3.50. The number of pyridine rings is 1. The van der Waals surface area contributed by atoms with E-state index in [0.29, 0.717) is 36.8 Å². The molecule has 1 saturated heterocycles. The summed E-state index contributed by atoms with van der Waals surface area (Å²) in [6.07, 6.45) is -3.33. The Kier molecular flexibility index (Phi) is 9.51. The predicted molar refractivity (Wildman–Crippen MR) is 175 cm³/mol. The smallest absolute Gasteiger partial charge is 0.416 e. The van der Waals surface area contributed by atoms with Crippen LogP contribution in [0.15, 0.2) is 36.4 Å². The number of nitrogens with zero attached hydrogens (tertiary/aromatic N) is 3. The van der Waals surface area contributed by atoms with Crippen LogP contribution in [-0.2, 0) is 35.2 Å². The van der Waals surface area contributed by atoms with Gasteiger partial charge in [-0.3, -0.25) is 9.88 Å². The summed E-state index contributed by atoms with van der Waals surface area (Å²) in [4.78, 5) is 21.9. The number of hydrogen-bond donors (Lipinski definition) is 1. The highest BCUT2D eigenvalue weighted by molar-refractivity contribution is 5.88. The maximum atomic E-state index is 13.7. The van der Waals surface area contributed by atoms with Crippen molar-refractivity contribution in [3.8, 4) is 11.1 Å². The third-order valence-corrected chi connectivity index (χ3v) is 9.33. The minimum Gasteiger partial charge on any atom is -0.479 e. The molecule has 1 fully saturated rings. The highest BCUT2D eigenvalue weighted by atomic mass is 19.4. The van der Waals surface area contributed by atoms with Crippen molar-refractivity contribution in [3.05, 3.63) is 81.4 Å². The number of carboxylic acids is 1. The van der Waals surface area contributed by atoms with Crippen molar-refractivity contribution in [2.45, 2.75) is 98.7 Å². The molecule has 1 unspecified atom stereocenters. The van der Waals surface area contributed by atoms with Crippen LogP contribution in [0.4, 0.5) is 23.2 Å². The standard InChI is InChI=1S/C37H45F4N3O3/c1-22-30(32(44-16-13-36(6,7)14-17-44)31(23(2)42-22)33(34(45)46)47-35(3,4)5)25-8-9-26-20-43(15-12-24(26)18-25)21-27-10-11-28(38)19-29(27)37(39,40)41/h8-11,18-19,33H,12-17,20-21H2,1-7H3,(H,45,46). The van der Waals surface area contributed by atoms with Crippen molar-refractivity contribution >= 4 is 11.7 Å². The molecule has 2 aliphatic rings. The molecule has 0 bridgehead atoms. The highest BCUT2D eigenvalue weighted by Gasteiger charge is 2.37. The van der Waals surface area contributed by atoms with Gasteiger partial charge in [0.15, 0.2) is 6.10 Å². The fourth-order valence-electron chi connectivity index (χ4n) is 6.85. The lowest BCUT2D eigenvalue weighted by atomic mass is 9.81. The molecule has 47 heavy (non-hydrogen) atoms. The molecule has 254 valence electrons. The van der Waals surface area contributed by atoms with Crippen molar-refractivity contribution in [1.82, 2.24) is 9.88 Å². The van der Waals surface area contributed by atoms with E-state index >= 15 is 0 Å². The molecule has 2 aliphatic heterocycles. The number of hydrogen-bond acceptors (Lipinski definition) is 5. The molecular weight excluding hydrogens is 610 g/mol. The number of rotatable bonds is 7. The number of ether oxygens (including phenoxy) is 1. The number of aromatic nitrogens is 1. The van der Waals surface area contributed by atoms with Gasteiger partial charge in [-0.25, -0.2) is 9.18 Å². The SMILES string of the molecule is Cc1nc(C)c(C(OC(C)(C)C)C(=O)O)c(N2CCC(C)(C)CC2)c1-c1ccc2c(c1)CCN(Cc1ccc(F)cc1C(F)(F)F)C2. The number of anilines is 1. The molecule has 0 aliphatic carbocycles. The molecule has 0 amide bonds. The van der Waals surface area contributed by atoms with Crippen LogP contribution in [0, 0.1) is 25.1 Å². The van der Waals surface area contributed by atoms with Crippen LogP contribution in [0.2, 0.25) is 0 Å². The van der Waals surface area contributed by atoms with Crippen LogP contribution in [-0.4, -0.2) is 46.2 Å². The minimum atomic E-state index is -4.64. The zero-order valence-corrected chi connectivity index (χ0v) is 28.3. The van der Waals surface area contributed by atoms with E-state index in [2.05, 4.69) is 24.8 Å². The largest absolute Gasteiger partial charge is 0.479 e. The van der Waals surface area contributed by atoms with Gasteiger partial charge < -0.3 is 14.7 Å². The first-order valence-corrected chi connectivity index (χ1v) is 16.2. The van der Waals surface area contributed by atoms with E-state index in [0.717, 1.165) is 65.6 Å². The summed E-state index contributed by atoms with van der Waals surface area (Å²) < 4.78 is 60.9. The number of aliphatic carboxylic acids is 1. The number of piperidine rings is 1. The molecule has 1 aromatic heterocycles. The van der Waals surface area contributed by atoms with E-state index in [1.165, 1.54) is 6.07 Å². The van der Waals surface area contributed by atoms with Crippen LogP contribution < -0.4 is 4.90 Å². The molecule has 1 N–H and O–H groups in total. The Morgan fingerprint density at radius 1 is 1.00 bits per heavy atom. The number of carbonyl (C=O) groups is 1. The summed E-state index contributed by atoms with van der Waals surface area (Å²) in [7, 11) is 0. The summed E-state index contributed by atoms with van der Waals surface area (Å²) in [5, 5.41) is 10.5. The minimum absolute atomic E-state index is 0.0488. The lowest BCUT2D eigenvalue weighted by Gasteiger charge is -2.41. The van der Waals surface area contributed by atoms with Gasteiger partial charge in [-0.2, -0.15) is 13.2 Å². The van der Waals surface area contributed by atoms with Crippen molar-refractivity contribution in [2.24, 2.45) is 5.41 Å². The first kappa shape index (κ1) is 34.8. The zero-order valence-electron chi connectivity index (χ0n) is 28.3. The Morgan fingerprint density at radius 2 is 1.68 bits per heavy atom. The van der Waals surface area contributed by atoms with Gasteiger partial charge in [0.2, 0.25) is 0 Å². The van der Waals surface area contributed by atoms with Gasteiger partial charge in [0.25, 0.3) is 0 Å². The Balaban J connectivity index is 1.55. The monoisotopic (exact) mass is 655 g/mol. The Morgan fingerprint density at radius 3 is 2.30 bits per heavy atom.